The van der Waals surface area contributed by atoms with Gasteiger partial charge in [0.05, 0.1) is 15.6 Å². The number of benzene rings is 2. The van der Waals surface area contributed by atoms with E-state index in [0.717, 1.165) is 21.2 Å². The molecule has 146 valence electrons. The Morgan fingerprint density at radius 1 is 1.17 bits per heavy atom. The SMILES string of the molecule is [2H][C@](CN)(C(=O)Nc1cc2ccncc2s1)c1ccc(-c2ccc(C)cc2C)cc1. The Morgan fingerprint density at radius 2 is 1.97 bits per heavy atom. The third kappa shape index (κ3) is 4.06. The van der Waals surface area contributed by atoms with E-state index in [0.29, 0.717) is 10.6 Å². The molecular formula is C24H23N3OS. The maximum Gasteiger partial charge on any atom is 0.233 e. The van der Waals surface area contributed by atoms with Crippen molar-refractivity contribution in [2.45, 2.75) is 19.7 Å². The minimum Gasteiger partial charge on any atom is -0.329 e. The van der Waals surface area contributed by atoms with Crippen LogP contribution >= 0.6 is 11.3 Å². The van der Waals surface area contributed by atoms with E-state index in [9.17, 15) is 4.79 Å². The van der Waals surface area contributed by atoms with Crippen LogP contribution < -0.4 is 11.1 Å². The third-order valence-corrected chi connectivity index (χ3v) is 5.97. The number of pyridine rings is 1. The van der Waals surface area contributed by atoms with E-state index in [-0.39, 0.29) is 6.54 Å². The summed E-state index contributed by atoms with van der Waals surface area (Å²) >= 11 is 1.43. The Bertz CT molecular complexity index is 1190. The summed E-state index contributed by atoms with van der Waals surface area (Å²) in [7, 11) is 0. The molecule has 1 amide bonds. The van der Waals surface area contributed by atoms with Crippen LogP contribution in [0.4, 0.5) is 5.00 Å². The highest BCUT2D eigenvalue weighted by Gasteiger charge is 2.20. The van der Waals surface area contributed by atoms with Crippen molar-refractivity contribution in [3.05, 3.63) is 83.7 Å². The highest BCUT2D eigenvalue weighted by Crippen LogP contribution is 2.30. The number of hydrogen-bond acceptors (Lipinski definition) is 4. The van der Waals surface area contributed by atoms with Gasteiger partial charge in [-0.3, -0.25) is 9.78 Å². The molecule has 5 heteroatoms. The Labute approximate surface area is 175 Å². The van der Waals surface area contributed by atoms with Gasteiger partial charge >= 0.3 is 0 Å². The fraction of sp³-hybridized carbons (Fsp3) is 0.167. The fourth-order valence-corrected chi connectivity index (χ4v) is 4.39. The van der Waals surface area contributed by atoms with Crippen LogP contribution in [-0.2, 0) is 4.79 Å². The van der Waals surface area contributed by atoms with Crippen LogP contribution in [0.1, 0.15) is 24.0 Å². The first-order valence-electron chi connectivity index (χ1n) is 9.94. The lowest BCUT2D eigenvalue weighted by Gasteiger charge is -2.15. The minimum atomic E-state index is -1.57. The lowest BCUT2D eigenvalue weighted by molar-refractivity contribution is -0.117. The first-order chi connectivity index (χ1) is 14.4. The number of amides is 1. The third-order valence-electron chi connectivity index (χ3n) is 4.96. The molecule has 4 aromatic rings. The monoisotopic (exact) mass is 402 g/mol. The van der Waals surface area contributed by atoms with Crippen molar-refractivity contribution >= 4 is 32.3 Å². The van der Waals surface area contributed by atoms with Crippen LogP contribution in [0.15, 0.2) is 67.0 Å². The number of nitrogens with two attached hydrogens (primary N) is 1. The number of carbonyl (C=O) groups excluding carboxylic acids is 1. The molecule has 0 saturated heterocycles. The van der Waals surface area contributed by atoms with Crippen LogP contribution in [-0.4, -0.2) is 17.4 Å². The van der Waals surface area contributed by atoms with E-state index >= 15 is 0 Å². The molecule has 29 heavy (non-hydrogen) atoms. The van der Waals surface area contributed by atoms with Gasteiger partial charge in [0.25, 0.3) is 0 Å². The summed E-state index contributed by atoms with van der Waals surface area (Å²) in [6, 6.07) is 17.6. The number of anilines is 1. The highest BCUT2D eigenvalue weighted by atomic mass is 32.1. The zero-order chi connectivity index (χ0) is 21.3. The molecule has 1 atom stereocenters. The van der Waals surface area contributed by atoms with E-state index in [1.54, 1.807) is 12.4 Å². The number of hydrogen-bond donors (Lipinski definition) is 2. The second-order valence-electron chi connectivity index (χ2n) is 7.06. The minimum absolute atomic E-state index is 0.117. The average Bonchev–Trinajstić information content (AvgIpc) is 3.15. The second-order valence-corrected chi connectivity index (χ2v) is 8.14. The Kier molecular flexibility index (Phi) is 5.07. The Morgan fingerprint density at radius 3 is 2.66 bits per heavy atom. The highest BCUT2D eigenvalue weighted by molar-refractivity contribution is 7.22. The number of aromatic nitrogens is 1. The molecule has 2 aromatic heterocycles. The van der Waals surface area contributed by atoms with Crippen molar-refractivity contribution in [3.8, 4) is 11.1 Å². The van der Waals surface area contributed by atoms with Crippen LogP contribution in [0.3, 0.4) is 0 Å². The van der Waals surface area contributed by atoms with Crippen LogP contribution in [0, 0.1) is 13.8 Å². The predicted octanol–water partition coefficient (Wildman–Crippen LogP) is 5.26. The average molecular weight is 403 g/mol. The summed E-state index contributed by atoms with van der Waals surface area (Å²) < 4.78 is 9.78. The molecule has 0 radical (unpaired) electrons. The number of thiophene rings is 1. The number of nitrogens with zero attached hydrogens (tertiary/aromatic N) is 1. The number of carbonyl (C=O) groups is 1. The smallest absolute Gasteiger partial charge is 0.233 e. The van der Waals surface area contributed by atoms with Gasteiger partial charge in [-0.1, -0.05) is 48.0 Å². The molecule has 4 rings (SSSR count). The summed E-state index contributed by atoms with van der Waals surface area (Å²) in [5.74, 6) is -2.02. The molecule has 3 N–H and O–H groups in total. The molecule has 0 aliphatic heterocycles. The van der Waals surface area contributed by atoms with E-state index in [1.165, 1.54) is 22.5 Å². The van der Waals surface area contributed by atoms with Crippen molar-refractivity contribution in [2.24, 2.45) is 5.73 Å². The van der Waals surface area contributed by atoms with Crippen LogP contribution in [0.25, 0.3) is 21.2 Å². The Balaban J connectivity index is 1.60. The second kappa shape index (κ2) is 8.15. The van der Waals surface area contributed by atoms with Crippen molar-refractivity contribution in [1.29, 1.82) is 0 Å². The molecule has 0 aliphatic rings. The van der Waals surface area contributed by atoms with Crippen molar-refractivity contribution < 1.29 is 6.17 Å². The summed E-state index contributed by atoms with van der Waals surface area (Å²) in [4.78, 5) is 17.1. The van der Waals surface area contributed by atoms with Gasteiger partial charge < -0.3 is 11.1 Å². The molecule has 0 aliphatic carbocycles. The van der Waals surface area contributed by atoms with Gasteiger partial charge in [0, 0.05) is 20.3 Å². The summed E-state index contributed by atoms with van der Waals surface area (Å²) in [6.07, 6.45) is 3.48. The van der Waals surface area contributed by atoms with Crippen molar-refractivity contribution in [1.82, 2.24) is 4.98 Å². The molecule has 2 heterocycles. The lowest BCUT2D eigenvalue weighted by Crippen LogP contribution is -2.27. The quantitative estimate of drug-likeness (QED) is 0.478. The van der Waals surface area contributed by atoms with Gasteiger partial charge in [0.2, 0.25) is 5.91 Å². The first kappa shape index (κ1) is 18.0. The summed E-state index contributed by atoms with van der Waals surface area (Å²) in [5.41, 5.74) is 11.1. The van der Waals surface area contributed by atoms with E-state index in [1.807, 2.05) is 36.4 Å². The normalized spacial score (nSPS) is 13.7. The first-order valence-corrected chi connectivity index (χ1v) is 10.3. The molecule has 0 unspecified atom stereocenters. The van der Waals surface area contributed by atoms with Crippen LogP contribution in [0.5, 0.6) is 0 Å². The van der Waals surface area contributed by atoms with Crippen molar-refractivity contribution in [2.75, 3.05) is 11.9 Å². The number of nitrogens with one attached hydrogen (secondary N) is 1. The largest absolute Gasteiger partial charge is 0.329 e. The standard InChI is InChI=1S/C24H23N3OS/c1-15-3-8-20(16(2)11-15)17-4-6-18(7-5-17)21(13-25)24(28)27-23-12-19-9-10-26-14-22(19)29-23/h3-12,14,21H,13,25H2,1-2H3,(H,27,28)/t21-/m1/s1/i21D. The van der Waals surface area contributed by atoms with Gasteiger partial charge in [-0.25, -0.2) is 0 Å². The molecule has 4 nitrogen and oxygen atoms in total. The maximum atomic E-state index is 13.0. The molecule has 0 saturated carbocycles. The molecule has 0 spiro atoms. The number of aryl methyl sites for hydroxylation is 2. The molecule has 0 bridgehead atoms. The van der Waals surface area contributed by atoms with Gasteiger partial charge in [-0.15, -0.1) is 11.3 Å². The molecular weight excluding hydrogens is 378 g/mol. The van der Waals surface area contributed by atoms with Crippen LogP contribution in [0.2, 0.25) is 0 Å². The van der Waals surface area contributed by atoms with Gasteiger partial charge in [-0.2, -0.15) is 0 Å². The van der Waals surface area contributed by atoms with E-state index in [4.69, 9.17) is 7.10 Å². The number of fused-ring (bicyclic) bond motifs is 1. The zero-order valence-corrected chi connectivity index (χ0v) is 17.2. The summed E-state index contributed by atoms with van der Waals surface area (Å²) in [6.45, 7) is 4.04. The Hall–Kier alpha value is -3.02. The molecule has 0 fully saturated rings. The fourth-order valence-electron chi connectivity index (χ4n) is 3.46. The van der Waals surface area contributed by atoms with E-state index < -0.39 is 11.8 Å². The lowest BCUT2D eigenvalue weighted by atomic mass is 9.93. The van der Waals surface area contributed by atoms with Gasteiger partial charge in [0.15, 0.2) is 0 Å². The maximum absolute atomic E-state index is 13.0. The topological polar surface area (TPSA) is 68.0 Å². The molecule has 2 aromatic carbocycles. The predicted molar refractivity (Wildman–Crippen MR) is 121 cm³/mol. The van der Waals surface area contributed by atoms with Gasteiger partial charge in [-0.05, 0) is 53.6 Å². The zero-order valence-electron chi connectivity index (χ0n) is 17.4. The van der Waals surface area contributed by atoms with Gasteiger partial charge in [0.1, 0.15) is 0 Å². The van der Waals surface area contributed by atoms with Crippen molar-refractivity contribution in [3.63, 3.8) is 0 Å². The summed E-state index contributed by atoms with van der Waals surface area (Å²) in [5, 5.41) is 4.55. The number of rotatable bonds is 5. The van der Waals surface area contributed by atoms with E-state index in [2.05, 4.69) is 42.3 Å².